The summed E-state index contributed by atoms with van der Waals surface area (Å²) in [5.74, 6) is 0. The van der Waals surface area contributed by atoms with Crippen molar-refractivity contribution in [2.24, 2.45) is 0 Å². The number of H-pyrrole nitrogens is 1. The number of benzene rings is 1. The summed E-state index contributed by atoms with van der Waals surface area (Å²) in [5, 5.41) is 1.34. The summed E-state index contributed by atoms with van der Waals surface area (Å²) in [6.45, 7) is 3.11. The fourth-order valence-corrected chi connectivity index (χ4v) is 1.79. The highest BCUT2D eigenvalue weighted by molar-refractivity contribution is 5.83. The second-order valence-electron chi connectivity index (χ2n) is 4.07. The maximum Gasteiger partial charge on any atom is 0.0459 e. The molecule has 74 valence electrons. The fourth-order valence-electron chi connectivity index (χ4n) is 1.79. The first-order valence-electron chi connectivity index (χ1n) is 4.89. The lowest BCUT2D eigenvalue weighted by molar-refractivity contribution is 0.398. The minimum atomic E-state index is 0.966. The molecule has 2 nitrogen and oxygen atoms in total. The second-order valence-corrected chi connectivity index (χ2v) is 4.07. The first-order valence-corrected chi connectivity index (χ1v) is 4.89. The molecule has 0 atom stereocenters. The number of hydrogen-bond acceptors (Lipinski definition) is 1. The van der Waals surface area contributed by atoms with Gasteiger partial charge in [0, 0.05) is 23.1 Å². The molecule has 14 heavy (non-hydrogen) atoms. The van der Waals surface area contributed by atoms with Crippen LogP contribution in [0.25, 0.3) is 10.9 Å². The van der Waals surface area contributed by atoms with Crippen molar-refractivity contribution in [2.45, 2.75) is 13.5 Å². The molecular weight excluding hydrogens is 172 g/mol. The average Bonchev–Trinajstić information content (AvgIpc) is 2.47. The normalized spacial score (nSPS) is 11.4. The third-order valence-corrected chi connectivity index (χ3v) is 2.42. The van der Waals surface area contributed by atoms with E-state index in [1.54, 1.807) is 0 Å². The Bertz CT molecular complexity index is 441. The first-order chi connectivity index (χ1) is 6.66. The smallest absolute Gasteiger partial charge is 0.0459 e. The zero-order valence-corrected chi connectivity index (χ0v) is 8.96. The third kappa shape index (κ3) is 1.66. The number of fused-ring (bicyclic) bond motifs is 1. The molecule has 0 radical (unpaired) electrons. The van der Waals surface area contributed by atoms with E-state index in [4.69, 9.17) is 0 Å². The van der Waals surface area contributed by atoms with Gasteiger partial charge < -0.3 is 9.88 Å². The summed E-state index contributed by atoms with van der Waals surface area (Å²) in [5.41, 5.74) is 3.85. The Morgan fingerprint density at radius 3 is 2.71 bits per heavy atom. The molecule has 2 heteroatoms. The van der Waals surface area contributed by atoms with Crippen LogP contribution in [0.2, 0.25) is 0 Å². The van der Waals surface area contributed by atoms with Crippen molar-refractivity contribution in [1.29, 1.82) is 0 Å². The molecular formula is C12H16N2. The number of nitrogens with zero attached hydrogens (tertiary/aromatic N) is 1. The lowest BCUT2D eigenvalue weighted by Crippen LogP contribution is -2.10. The van der Waals surface area contributed by atoms with Gasteiger partial charge in [-0.1, -0.05) is 12.1 Å². The van der Waals surface area contributed by atoms with Crippen LogP contribution in [0.1, 0.15) is 11.3 Å². The minimum absolute atomic E-state index is 0.966. The predicted octanol–water partition coefficient (Wildman–Crippen LogP) is 2.54. The van der Waals surface area contributed by atoms with Gasteiger partial charge in [-0.15, -0.1) is 0 Å². The summed E-state index contributed by atoms with van der Waals surface area (Å²) >= 11 is 0. The van der Waals surface area contributed by atoms with Crippen LogP contribution >= 0.6 is 0 Å². The summed E-state index contributed by atoms with van der Waals surface area (Å²) < 4.78 is 0. The Hall–Kier alpha value is -1.28. The molecule has 2 rings (SSSR count). The lowest BCUT2D eigenvalue weighted by atomic mass is 10.1. The van der Waals surface area contributed by atoms with Gasteiger partial charge in [0.15, 0.2) is 0 Å². The number of hydrogen-bond donors (Lipinski definition) is 1. The maximum atomic E-state index is 3.43. The minimum Gasteiger partial charge on any atom is -0.357 e. The van der Waals surface area contributed by atoms with Crippen molar-refractivity contribution in [3.05, 3.63) is 35.5 Å². The van der Waals surface area contributed by atoms with Crippen molar-refractivity contribution in [3.8, 4) is 0 Å². The van der Waals surface area contributed by atoms with Crippen molar-refractivity contribution in [3.63, 3.8) is 0 Å². The van der Waals surface area contributed by atoms with Gasteiger partial charge in [0.1, 0.15) is 0 Å². The Balaban J connectivity index is 2.46. The Morgan fingerprint density at radius 2 is 2.07 bits per heavy atom. The molecule has 0 fully saturated rings. The highest BCUT2D eigenvalue weighted by Gasteiger charge is 2.02. The topological polar surface area (TPSA) is 19.0 Å². The lowest BCUT2D eigenvalue weighted by Gasteiger charge is -2.06. The Labute approximate surface area is 84.5 Å². The summed E-state index contributed by atoms with van der Waals surface area (Å²) in [7, 11) is 4.16. The van der Waals surface area contributed by atoms with E-state index in [-0.39, 0.29) is 0 Å². The first kappa shape index (κ1) is 9.28. The largest absolute Gasteiger partial charge is 0.357 e. The van der Waals surface area contributed by atoms with Gasteiger partial charge in [0.25, 0.3) is 0 Å². The van der Waals surface area contributed by atoms with Crippen LogP contribution in [0.4, 0.5) is 0 Å². The molecule has 0 aliphatic rings. The molecule has 0 amide bonds. The molecule has 0 unspecified atom stereocenters. The molecule has 0 aliphatic heterocycles. The number of nitrogens with one attached hydrogen (secondary N) is 1. The quantitative estimate of drug-likeness (QED) is 0.767. The van der Waals surface area contributed by atoms with Crippen molar-refractivity contribution in [1.82, 2.24) is 9.88 Å². The van der Waals surface area contributed by atoms with Gasteiger partial charge in [0.2, 0.25) is 0 Å². The van der Waals surface area contributed by atoms with Crippen LogP contribution in [0.5, 0.6) is 0 Å². The molecule has 0 spiro atoms. The fraction of sp³-hybridized carbons (Fsp3) is 0.333. The molecule has 1 aromatic carbocycles. The van der Waals surface area contributed by atoms with Crippen LogP contribution in [0.15, 0.2) is 24.3 Å². The number of aromatic nitrogens is 1. The van der Waals surface area contributed by atoms with Gasteiger partial charge in [-0.2, -0.15) is 0 Å². The van der Waals surface area contributed by atoms with E-state index in [1.807, 2.05) is 0 Å². The van der Waals surface area contributed by atoms with E-state index in [0.29, 0.717) is 0 Å². The summed E-state index contributed by atoms with van der Waals surface area (Å²) in [4.78, 5) is 5.59. The van der Waals surface area contributed by atoms with Crippen LogP contribution < -0.4 is 0 Å². The van der Waals surface area contributed by atoms with Crippen LogP contribution in [0.3, 0.4) is 0 Å². The maximum absolute atomic E-state index is 3.43. The van der Waals surface area contributed by atoms with Gasteiger partial charge in [0.05, 0.1) is 0 Å². The zero-order chi connectivity index (χ0) is 10.1. The van der Waals surface area contributed by atoms with Gasteiger partial charge >= 0.3 is 0 Å². The monoisotopic (exact) mass is 188 g/mol. The van der Waals surface area contributed by atoms with Gasteiger partial charge in [-0.05, 0) is 38.7 Å². The number of rotatable bonds is 2. The standard InChI is InChI=1S/C12H16N2/c1-9-5-4-6-12-11(9)7-10(13-12)8-14(2)3/h4-7,13H,8H2,1-3H3. The van der Waals surface area contributed by atoms with Crippen molar-refractivity contribution >= 4 is 10.9 Å². The molecule has 2 aromatic rings. The van der Waals surface area contributed by atoms with E-state index in [9.17, 15) is 0 Å². The molecule has 0 aliphatic carbocycles. The van der Waals surface area contributed by atoms with Gasteiger partial charge in [-0.25, -0.2) is 0 Å². The van der Waals surface area contributed by atoms with E-state index in [2.05, 4.69) is 55.2 Å². The molecule has 0 saturated heterocycles. The second kappa shape index (κ2) is 3.46. The van der Waals surface area contributed by atoms with E-state index >= 15 is 0 Å². The molecule has 0 saturated carbocycles. The van der Waals surface area contributed by atoms with Crippen LogP contribution in [-0.4, -0.2) is 24.0 Å². The molecule has 1 heterocycles. The third-order valence-electron chi connectivity index (χ3n) is 2.42. The summed E-state index contributed by atoms with van der Waals surface area (Å²) in [6, 6.07) is 8.61. The Kier molecular flexibility index (Phi) is 2.30. The Morgan fingerprint density at radius 1 is 1.29 bits per heavy atom. The predicted molar refractivity (Wildman–Crippen MR) is 60.4 cm³/mol. The number of aryl methyl sites for hydroxylation is 1. The highest BCUT2D eigenvalue weighted by atomic mass is 15.1. The van der Waals surface area contributed by atoms with Crippen molar-refractivity contribution < 1.29 is 0 Å². The van der Waals surface area contributed by atoms with E-state index in [1.165, 1.54) is 22.2 Å². The summed E-state index contributed by atoms with van der Waals surface area (Å²) in [6.07, 6.45) is 0. The van der Waals surface area contributed by atoms with Gasteiger partial charge in [-0.3, -0.25) is 0 Å². The molecule has 1 N–H and O–H groups in total. The van der Waals surface area contributed by atoms with Crippen LogP contribution in [0, 0.1) is 6.92 Å². The zero-order valence-electron chi connectivity index (χ0n) is 8.96. The molecule has 1 aromatic heterocycles. The number of aromatic amines is 1. The van der Waals surface area contributed by atoms with Crippen molar-refractivity contribution in [2.75, 3.05) is 14.1 Å². The van der Waals surface area contributed by atoms with E-state index in [0.717, 1.165) is 6.54 Å². The highest BCUT2D eigenvalue weighted by Crippen LogP contribution is 2.19. The van der Waals surface area contributed by atoms with E-state index < -0.39 is 0 Å². The van der Waals surface area contributed by atoms with Crippen LogP contribution in [-0.2, 0) is 6.54 Å². The SMILES string of the molecule is Cc1cccc2[nH]c(CN(C)C)cc12. The molecule has 0 bridgehead atoms. The average molecular weight is 188 g/mol.